The molecular formula is C26H28F3N5O5S. The second-order valence-corrected chi connectivity index (χ2v) is 11.5. The first kappa shape index (κ1) is 29.1. The summed E-state index contributed by atoms with van der Waals surface area (Å²) in [5, 5.41) is 18.3. The van der Waals surface area contributed by atoms with E-state index >= 15 is 0 Å². The third kappa shape index (κ3) is 6.28. The second kappa shape index (κ2) is 11.3. The van der Waals surface area contributed by atoms with E-state index in [2.05, 4.69) is 29.4 Å². The van der Waals surface area contributed by atoms with Gasteiger partial charge in [0, 0.05) is 32.2 Å². The quantitative estimate of drug-likeness (QED) is 0.372. The van der Waals surface area contributed by atoms with E-state index in [1.54, 1.807) is 4.90 Å². The number of anilines is 1. The van der Waals surface area contributed by atoms with Crippen LogP contribution in [0.4, 0.5) is 19.0 Å². The van der Waals surface area contributed by atoms with E-state index in [4.69, 9.17) is 0 Å². The normalized spacial score (nSPS) is 16.8. The van der Waals surface area contributed by atoms with Crippen LogP contribution in [-0.4, -0.2) is 65.6 Å². The number of hydrogen-bond acceptors (Lipinski definition) is 6. The van der Waals surface area contributed by atoms with Gasteiger partial charge in [0.2, 0.25) is 15.9 Å². The number of alkyl halides is 3. The molecule has 0 radical (unpaired) electrons. The number of nitrogens with zero attached hydrogens (tertiary/aromatic N) is 3. The van der Waals surface area contributed by atoms with Crippen molar-refractivity contribution < 1.29 is 36.3 Å². The molecule has 4 rings (SSSR count). The molecule has 1 aliphatic heterocycles. The number of aromatic nitrogens is 2. The van der Waals surface area contributed by atoms with Gasteiger partial charge in [-0.3, -0.25) is 9.89 Å². The Morgan fingerprint density at radius 2 is 1.75 bits per heavy atom. The number of hydrogen-bond donors (Lipinski definition) is 3. The van der Waals surface area contributed by atoms with Gasteiger partial charge in [-0.15, -0.1) is 0 Å². The van der Waals surface area contributed by atoms with Crippen molar-refractivity contribution in [3.63, 3.8) is 0 Å². The van der Waals surface area contributed by atoms with Crippen LogP contribution in [0, 0.1) is 0 Å². The third-order valence-electron chi connectivity index (χ3n) is 6.65. The summed E-state index contributed by atoms with van der Waals surface area (Å²) < 4.78 is 67.0. The van der Waals surface area contributed by atoms with Crippen molar-refractivity contribution in [3.05, 3.63) is 77.0 Å². The summed E-state index contributed by atoms with van der Waals surface area (Å²) in [4.78, 5) is 25.8. The predicted octanol–water partition coefficient (Wildman–Crippen LogP) is 3.45. The van der Waals surface area contributed by atoms with Gasteiger partial charge in [-0.05, 0) is 41.3 Å². The van der Waals surface area contributed by atoms with E-state index in [1.165, 1.54) is 6.07 Å². The molecule has 1 unspecified atom stereocenters. The minimum atomic E-state index is -4.64. The van der Waals surface area contributed by atoms with Crippen molar-refractivity contribution in [1.29, 1.82) is 0 Å². The Hall–Kier alpha value is -3.91. The molecule has 1 saturated heterocycles. The maximum absolute atomic E-state index is 13.5. The van der Waals surface area contributed by atoms with Crippen LogP contribution >= 0.6 is 0 Å². The molecule has 214 valence electrons. The molecule has 0 bridgehead atoms. The van der Waals surface area contributed by atoms with E-state index in [-0.39, 0.29) is 42.6 Å². The van der Waals surface area contributed by atoms with Crippen molar-refractivity contribution in [3.8, 4) is 0 Å². The number of halogens is 3. The van der Waals surface area contributed by atoms with Gasteiger partial charge in [-0.1, -0.05) is 38.1 Å². The molecule has 3 aromatic rings. The van der Waals surface area contributed by atoms with E-state index in [9.17, 15) is 36.3 Å². The monoisotopic (exact) mass is 579 g/mol. The number of carboxylic acid groups (broad SMARTS) is 1. The summed E-state index contributed by atoms with van der Waals surface area (Å²) in [7, 11) is -4.37. The molecule has 1 aromatic heterocycles. The lowest BCUT2D eigenvalue weighted by atomic mass is 10.0. The second-order valence-electron chi connectivity index (χ2n) is 9.66. The highest BCUT2D eigenvalue weighted by atomic mass is 32.2. The number of carboxylic acids is 1. The van der Waals surface area contributed by atoms with E-state index < -0.39 is 39.7 Å². The van der Waals surface area contributed by atoms with E-state index in [0.29, 0.717) is 18.1 Å². The zero-order valence-electron chi connectivity index (χ0n) is 21.6. The first-order valence-corrected chi connectivity index (χ1v) is 13.8. The Balaban J connectivity index is 1.59. The van der Waals surface area contributed by atoms with Crippen LogP contribution in [0.1, 0.15) is 46.9 Å². The van der Waals surface area contributed by atoms with E-state index in [1.807, 2.05) is 24.3 Å². The number of carbonyl (C=O) groups is 2. The highest BCUT2D eigenvalue weighted by molar-refractivity contribution is 7.89. The summed E-state index contributed by atoms with van der Waals surface area (Å²) in [5.41, 5.74) is 0.731. The van der Waals surface area contributed by atoms with Crippen molar-refractivity contribution in [1.82, 2.24) is 19.8 Å². The van der Waals surface area contributed by atoms with Crippen LogP contribution in [0.3, 0.4) is 0 Å². The van der Waals surface area contributed by atoms with Crippen LogP contribution in [-0.2, 0) is 27.5 Å². The van der Waals surface area contributed by atoms with Crippen LogP contribution < -0.4 is 10.2 Å². The Kier molecular flexibility index (Phi) is 8.21. The number of aromatic amines is 1. The highest BCUT2D eigenvalue weighted by Crippen LogP contribution is 2.31. The number of rotatable bonds is 8. The van der Waals surface area contributed by atoms with Gasteiger partial charge in [-0.2, -0.15) is 22.6 Å². The number of H-pyrrole nitrogens is 1. The first-order chi connectivity index (χ1) is 18.8. The van der Waals surface area contributed by atoms with Gasteiger partial charge in [0.15, 0.2) is 5.82 Å². The highest BCUT2D eigenvalue weighted by Gasteiger charge is 2.41. The lowest BCUT2D eigenvalue weighted by molar-refractivity contribution is -0.137. The average molecular weight is 580 g/mol. The van der Waals surface area contributed by atoms with Crippen molar-refractivity contribution in [2.24, 2.45) is 0 Å². The summed E-state index contributed by atoms with van der Waals surface area (Å²) in [5.74, 6) is -1.32. The van der Waals surface area contributed by atoms with Crippen LogP contribution in [0.2, 0.25) is 0 Å². The maximum Gasteiger partial charge on any atom is 0.416 e. The van der Waals surface area contributed by atoms with Gasteiger partial charge in [0.25, 0.3) is 0 Å². The van der Waals surface area contributed by atoms with Crippen molar-refractivity contribution >= 4 is 27.7 Å². The number of aromatic carboxylic acids is 1. The van der Waals surface area contributed by atoms with Crippen LogP contribution in [0.25, 0.3) is 0 Å². The number of nitrogens with one attached hydrogen (secondary N) is 2. The topological polar surface area (TPSA) is 136 Å². The molecule has 3 N–H and O–H groups in total. The van der Waals surface area contributed by atoms with Gasteiger partial charge in [0.05, 0.1) is 10.5 Å². The molecule has 40 heavy (non-hydrogen) atoms. The average Bonchev–Trinajstić information content (AvgIpc) is 3.42. The summed E-state index contributed by atoms with van der Waals surface area (Å²) in [6.07, 6.45) is -4.64. The Labute approximate surface area is 228 Å². The zero-order valence-corrected chi connectivity index (χ0v) is 22.5. The molecule has 2 heterocycles. The maximum atomic E-state index is 13.5. The number of sulfonamides is 1. The third-order valence-corrected chi connectivity index (χ3v) is 8.58. The molecule has 1 fully saturated rings. The van der Waals surface area contributed by atoms with Gasteiger partial charge in [0.1, 0.15) is 11.7 Å². The summed E-state index contributed by atoms with van der Waals surface area (Å²) in [6.45, 7) is 3.92. The van der Waals surface area contributed by atoms with E-state index in [0.717, 1.165) is 27.6 Å². The van der Waals surface area contributed by atoms with Crippen molar-refractivity contribution in [2.45, 2.75) is 43.4 Å². The largest absolute Gasteiger partial charge is 0.477 e. The molecule has 0 saturated carbocycles. The number of carbonyl (C=O) groups excluding carboxylic acids is 1. The molecule has 1 atom stereocenters. The number of benzene rings is 2. The lowest BCUT2D eigenvalue weighted by Crippen LogP contribution is -2.60. The first-order valence-electron chi connectivity index (χ1n) is 12.4. The Morgan fingerprint density at radius 1 is 1.10 bits per heavy atom. The summed E-state index contributed by atoms with van der Waals surface area (Å²) >= 11 is 0. The van der Waals surface area contributed by atoms with Crippen molar-refractivity contribution in [2.75, 3.05) is 24.5 Å². The molecule has 1 aliphatic rings. The smallest absolute Gasteiger partial charge is 0.416 e. The molecule has 14 heteroatoms. The number of piperazine rings is 1. The van der Waals surface area contributed by atoms with Gasteiger partial charge in [-0.25, -0.2) is 13.2 Å². The molecule has 1 amide bonds. The molecule has 10 nitrogen and oxygen atoms in total. The lowest BCUT2D eigenvalue weighted by Gasteiger charge is -2.39. The SMILES string of the molecule is CC(C)c1ccc(CNC(=O)C2CN(c3cc(C(=O)O)[nH]n3)CCN2S(=O)(=O)c2ccc(C(F)(F)F)cc2)cc1. The van der Waals surface area contributed by atoms with Gasteiger partial charge < -0.3 is 15.3 Å². The molecule has 2 aromatic carbocycles. The zero-order chi connectivity index (χ0) is 29.2. The minimum absolute atomic E-state index is 0.0597. The molecule has 0 spiro atoms. The van der Waals surface area contributed by atoms with Crippen LogP contribution in [0.5, 0.6) is 0 Å². The summed E-state index contributed by atoms with van der Waals surface area (Å²) in [6, 6.07) is 10.7. The molecular weight excluding hydrogens is 551 g/mol. The minimum Gasteiger partial charge on any atom is -0.477 e. The fourth-order valence-corrected chi connectivity index (χ4v) is 5.91. The standard InChI is InChI=1S/C26H28F3N5O5S/c1-16(2)18-5-3-17(4-6-18)14-30-24(35)22-15-33(23-13-21(25(36)37)31-32-23)11-12-34(22)40(38,39)20-9-7-19(8-10-20)26(27,28)29/h3-10,13,16,22H,11-12,14-15H2,1-2H3,(H,30,35)(H,31,32)(H,36,37). The predicted molar refractivity (Wildman–Crippen MR) is 139 cm³/mol. The molecule has 0 aliphatic carbocycles. The van der Waals surface area contributed by atoms with Gasteiger partial charge >= 0.3 is 12.1 Å². The van der Waals surface area contributed by atoms with Crippen LogP contribution in [0.15, 0.2) is 59.5 Å². The Bertz CT molecular complexity index is 1470. The fraction of sp³-hybridized carbons (Fsp3) is 0.346. The Morgan fingerprint density at radius 3 is 2.30 bits per heavy atom. The number of amides is 1. The fourth-order valence-electron chi connectivity index (χ4n) is 4.34.